The third-order valence-electron chi connectivity index (χ3n) is 4.07. The van der Waals surface area contributed by atoms with E-state index in [0.717, 1.165) is 29.4 Å². The van der Waals surface area contributed by atoms with Crippen molar-refractivity contribution >= 4 is 0 Å². The Morgan fingerprint density at radius 2 is 2.00 bits per heavy atom. The van der Waals surface area contributed by atoms with Gasteiger partial charge in [0.15, 0.2) is 0 Å². The molecular weight excluding hydrogens is 317 g/mol. The summed E-state index contributed by atoms with van der Waals surface area (Å²) in [4.78, 5) is 0. The molecule has 0 spiro atoms. The molecular formula is C17H17F3N4. The van der Waals surface area contributed by atoms with Gasteiger partial charge in [0.2, 0.25) is 0 Å². The van der Waals surface area contributed by atoms with E-state index in [4.69, 9.17) is 0 Å². The van der Waals surface area contributed by atoms with Crippen LogP contribution in [0.25, 0.3) is 11.1 Å². The van der Waals surface area contributed by atoms with Gasteiger partial charge in [-0.25, -0.2) is 13.2 Å². The van der Waals surface area contributed by atoms with Crippen LogP contribution >= 0.6 is 0 Å². The smallest absolute Gasteiger partial charge is 0.266 e. The van der Waals surface area contributed by atoms with Crippen molar-refractivity contribution in [2.24, 2.45) is 0 Å². The van der Waals surface area contributed by atoms with E-state index in [9.17, 15) is 13.2 Å². The Hall–Kier alpha value is -2.57. The minimum absolute atomic E-state index is 0.522. The van der Waals surface area contributed by atoms with Crippen LogP contribution in [-0.4, -0.2) is 20.0 Å². The minimum Gasteiger partial charge on any atom is -0.282 e. The zero-order valence-electron chi connectivity index (χ0n) is 13.4. The van der Waals surface area contributed by atoms with E-state index in [1.165, 1.54) is 12.1 Å². The van der Waals surface area contributed by atoms with Gasteiger partial charge in [-0.3, -0.25) is 9.78 Å². The number of hydrogen-bond donors (Lipinski definition) is 1. The molecule has 3 rings (SSSR count). The molecule has 24 heavy (non-hydrogen) atoms. The predicted molar refractivity (Wildman–Crippen MR) is 84.3 cm³/mol. The molecule has 1 N–H and O–H groups in total. The maximum atomic E-state index is 13.4. The average molecular weight is 334 g/mol. The van der Waals surface area contributed by atoms with E-state index in [1.54, 1.807) is 17.1 Å². The molecule has 0 amide bonds. The number of nitrogens with zero attached hydrogens (tertiary/aromatic N) is 3. The number of halogens is 3. The molecule has 0 radical (unpaired) electrons. The van der Waals surface area contributed by atoms with Gasteiger partial charge in [0.25, 0.3) is 6.43 Å². The summed E-state index contributed by atoms with van der Waals surface area (Å²) in [7, 11) is 0. The van der Waals surface area contributed by atoms with Crippen LogP contribution in [0.5, 0.6) is 0 Å². The van der Waals surface area contributed by atoms with Crippen LogP contribution in [0.4, 0.5) is 13.2 Å². The van der Waals surface area contributed by atoms with Crippen molar-refractivity contribution in [3.05, 3.63) is 58.9 Å². The number of H-pyrrole nitrogens is 1. The highest BCUT2D eigenvalue weighted by Crippen LogP contribution is 2.28. The van der Waals surface area contributed by atoms with Crippen molar-refractivity contribution in [1.82, 2.24) is 20.0 Å². The number of hydrogen-bond acceptors (Lipinski definition) is 2. The monoisotopic (exact) mass is 334 g/mol. The van der Waals surface area contributed by atoms with Crippen molar-refractivity contribution in [3.8, 4) is 11.1 Å². The molecule has 0 saturated heterocycles. The highest BCUT2D eigenvalue weighted by atomic mass is 19.3. The van der Waals surface area contributed by atoms with Gasteiger partial charge < -0.3 is 0 Å². The molecule has 0 aliphatic heterocycles. The Bertz CT molecular complexity index is 832. The van der Waals surface area contributed by atoms with Crippen LogP contribution in [0.3, 0.4) is 0 Å². The zero-order chi connectivity index (χ0) is 17.3. The number of rotatable bonds is 5. The lowest BCUT2D eigenvalue weighted by Crippen LogP contribution is -2.02. The fourth-order valence-electron chi connectivity index (χ4n) is 2.69. The molecule has 0 aliphatic rings. The minimum atomic E-state index is -2.84. The van der Waals surface area contributed by atoms with Gasteiger partial charge in [-0.2, -0.15) is 10.2 Å². The van der Waals surface area contributed by atoms with Crippen LogP contribution in [0.15, 0.2) is 30.6 Å². The fraction of sp³-hybridized carbons (Fsp3) is 0.294. The third kappa shape index (κ3) is 3.20. The third-order valence-corrected chi connectivity index (χ3v) is 4.07. The molecule has 0 saturated carbocycles. The van der Waals surface area contributed by atoms with Gasteiger partial charge in [0.1, 0.15) is 5.82 Å². The van der Waals surface area contributed by atoms with E-state index in [2.05, 4.69) is 15.3 Å². The van der Waals surface area contributed by atoms with Crippen LogP contribution in [0, 0.1) is 19.7 Å². The average Bonchev–Trinajstić information content (AvgIpc) is 3.13. The Balaban J connectivity index is 1.77. The second-order valence-electron chi connectivity index (χ2n) is 5.69. The van der Waals surface area contributed by atoms with Gasteiger partial charge in [0.05, 0.1) is 17.5 Å². The summed E-state index contributed by atoms with van der Waals surface area (Å²) in [5.74, 6) is -0.896. The Labute approximate surface area is 137 Å². The Morgan fingerprint density at radius 3 is 2.67 bits per heavy atom. The van der Waals surface area contributed by atoms with E-state index < -0.39 is 17.8 Å². The molecule has 0 atom stereocenters. The molecule has 0 fully saturated rings. The van der Waals surface area contributed by atoms with E-state index in [1.807, 2.05) is 13.8 Å². The number of aromatic nitrogens is 4. The summed E-state index contributed by atoms with van der Waals surface area (Å²) in [6, 6.07) is 3.71. The van der Waals surface area contributed by atoms with Crippen LogP contribution in [0.2, 0.25) is 0 Å². The normalized spacial score (nSPS) is 11.4. The maximum absolute atomic E-state index is 13.4. The predicted octanol–water partition coefficient (Wildman–Crippen LogP) is 4.21. The number of benzene rings is 1. The number of nitrogens with one attached hydrogen (secondary N) is 1. The lowest BCUT2D eigenvalue weighted by atomic mass is 10.1. The SMILES string of the molecule is Cc1n[nH]c(C)c1CCn1cc(-c2ccc(F)c(C(F)F)c2)cn1. The molecule has 2 heterocycles. The summed E-state index contributed by atoms with van der Waals surface area (Å²) in [6.45, 7) is 4.55. The molecule has 4 nitrogen and oxygen atoms in total. The van der Waals surface area contributed by atoms with Gasteiger partial charge in [-0.1, -0.05) is 6.07 Å². The van der Waals surface area contributed by atoms with E-state index >= 15 is 0 Å². The fourth-order valence-corrected chi connectivity index (χ4v) is 2.69. The molecule has 1 aromatic carbocycles. The summed E-state index contributed by atoms with van der Waals surface area (Å²) < 4.78 is 40.8. The molecule has 0 unspecified atom stereocenters. The van der Waals surface area contributed by atoms with Gasteiger partial charge >= 0.3 is 0 Å². The van der Waals surface area contributed by atoms with Crippen molar-refractivity contribution < 1.29 is 13.2 Å². The van der Waals surface area contributed by atoms with Crippen molar-refractivity contribution in [3.63, 3.8) is 0 Å². The standard InChI is InChI=1S/C17H17F3N4/c1-10-14(11(2)23-22-10)5-6-24-9-13(8-21-24)12-3-4-16(18)15(7-12)17(19)20/h3-4,7-9,17H,5-6H2,1-2H3,(H,22,23). The zero-order valence-corrected chi connectivity index (χ0v) is 13.4. The first kappa shape index (κ1) is 16.3. The number of aromatic amines is 1. The first-order valence-corrected chi connectivity index (χ1v) is 7.56. The van der Waals surface area contributed by atoms with Gasteiger partial charge in [0, 0.05) is 24.0 Å². The quantitative estimate of drug-likeness (QED) is 0.760. The molecule has 7 heteroatoms. The largest absolute Gasteiger partial charge is 0.282 e. The first-order valence-electron chi connectivity index (χ1n) is 7.56. The first-order chi connectivity index (χ1) is 11.5. The maximum Gasteiger partial charge on any atom is 0.266 e. The molecule has 0 aliphatic carbocycles. The van der Waals surface area contributed by atoms with Crippen LogP contribution in [-0.2, 0) is 13.0 Å². The van der Waals surface area contributed by atoms with Crippen molar-refractivity contribution in [2.45, 2.75) is 33.2 Å². The Morgan fingerprint density at radius 1 is 1.21 bits per heavy atom. The molecule has 0 bridgehead atoms. The molecule has 3 aromatic rings. The Kier molecular flexibility index (Phi) is 4.42. The van der Waals surface area contributed by atoms with Gasteiger partial charge in [-0.15, -0.1) is 0 Å². The van der Waals surface area contributed by atoms with E-state index in [0.29, 0.717) is 17.7 Å². The summed E-state index contributed by atoms with van der Waals surface area (Å²) in [6.07, 6.45) is 1.29. The van der Waals surface area contributed by atoms with E-state index in [-0.39, 0.29) is 0 Å². The number of aryl methyl sites for hydroxylation is 3. The summed E-state index contributed by atoms with van der Waals surface area (Å²) >= 11 is 0. The van der Waals surface area contributed by atoms with Crippen LogP contribution < -0.4 is 0 Å². The second-order valence-corrected chi connectivity index (χ2v) is 5.69. The summed E-state index contributed by atoms with van der Waals surface area (Å²) in [5.41, 5.74) is 3.74. The van der Waals surface area contributed by atoms with Crippen molar-refractivity contribution in [1.29, 1.82) is 0 Å². The highest BCUT2D eigenvalue weighted by Gasteiger charge is 2.15. The van der Waals surface area contributed by atoms with Gasteiger partial charge in [-0.05, 0) is 43.5 Å². The van der Waals surface area contributed by atoms with Crippen molar-refractivity contribution in [2.75, 3.05) is 0 Å². The lowest BCUT2D eigenvalue weighted by molar-refractivity contribution is 0.146. The topological polar surface area (TPSA) is 46.5 Å². The molecule has 2 aromatic heterocycles. The molecule has 126 valence electrons. The summed E-state index contributed by atoms with van der Waals surface area (Å²) in [5, 5.41) is 11.3. The lowest BCUT2D eigenvalue weighted by Gasteiger charge is -2.05. The highest BCUT2D eigenvalue weighted by molar-refractivity contribution is 5.62. The van der Waals surface area contributed by atoms with Crippen LogP contribution in [0.1, 0.15) is 28.9 Å². The second kappa shape index (κ2) is 6.51. The number of alkyl halides is 2.